The van der Waals surface area contributed by atoms with Gasteiger partial charge in [0.1, 0.15) is 10.0 Å². The molecule has 0 aromatic carbocycles. The number of aromatic nitrogens is 3. The summed E-state index contributed by atoms with van der Waals surface area (Å²) in [6.45, 7) is 6.77. The minimum Gasteiger partial charge on any atom is -0.360 e. The van der Waals surface area contributed by atoms with Crippen LogP contribution in [-0.4, -0.2) is 21.5 Å². The van der Waals surface area contributed by atoms with E-state index in [1.54, 1.807) is 17.5 Å². The SMILES string of the molecule is CCNc1ncc(Cl)c(NC(C)c2nc(C)cs2)n1. The van der Waals surface area contributed by atoms with Gasteiger partial charge in [0.25, 0.3) is 0 Å². The van der Waals surface area contributed by atoms with E-state index in [0.29, 0.717) is 16.8 Å². The van der Waals surface area contributed by atoms with Crippen LogP contribution in [0.25, 0.3) is 0 Å². The van der Waals surface area contributed by atoms with Crippen molar-refractivity contribution in [2.24, 2.45) is 0 Å². The Morgan fingerprint density at radius 3 is 2.84 bits per heavy atom. The largest absolute Gasteiger partial charge is 0.360 e. The van der Waals surface area contributed by atoms with Gasteiger partial charge < -0.3 is 10.6 Å². The lowest BCUT2D eigenvalue weighted by Gasteiger charge is -2.13. The van der Waals surface area contributed by atoms with Gasteiger partial charge in [0.05, 0.1) is 12.2 Å². The molecule has 2 N–H and O–H groups in total. The predicted molar refractivity (Wildman–Crippen MR) is 80.1 cm³/mol. The van der Waals surface area contributed by atoms with E-state index in [9.17, 15) is 0 Å². The van der Waals surface area contributed by atoms with Gasteiger partial charge in [-0.15, -0.1) is 11.3 Å². The van der Waals surface area contributed by atoms with E-state index >= 15 is 0 Å². The predicted octanol–water partition coefficient (Wildman–Crippen LogP) is 3.50. The van der Waals surface area contributed by atoms with Gasteiger partial charge in [-0.1, -0.05) is 11.6 Å². The van der Waals surface area contributed by atoms with Gasteiger partial charge in [0, 0.05) is 17.6 Å². The highest BCUT2D eigenvalue weighted by molar-refractivity contribution is 7.09. The summed E-state index contributed by atoms with van der Waals surface area (Å²) >= 11 is 7.72. The van der Waals surface area contributed by atoms with E-state index in [4.69, 9.17) is 11.6 Å². The van der Waals surface area contributed by atoms with Crippen molar-refractivity contribution in [3.05, 3.63) is 27.3 Å². The lowest BCUT2D eigenvalue weighted by molar-refractivity contribution is 0.853. The molecule has 0 saturated heterocycles. The van der Waals surface area contributed by atoms with Crippen LogP contribution in [0.3, 0.4) is 0 Å². The Kier molecular flexibility index (Phi) is 4.55. The molecule has 0 aliphatic carbocycles. The van der Waals surface area contributed by atoms with Crippen LogP contribution < -0.4 is 10.6 Å². The highest BCUT2D eigenvalue weighted by Gasteiger charge is 2.13. The van der Waals surface area contributed by atoms with Crippen LogP contribution in [0.15, 0.2) is 11.6 Å². The zero-order valence-electron chi connectivity index (χ0n) is 11.1. The molecule has 19 heavy (non-hydrogen) atoms. The fourth-order valence-corrected chi connectivity index (χ4v) is 2.50. The third kappa shape index (κ3) is 3.54. The van der Waals surface area contributed by atoms with E-state index in [-0.39, 0.29) is 6.04 Å². The maximum atomic E-state index is 6.10. The van der Waals surface area contributed by atoms with Crippen molar-refractivity contribution >= 4 is 34.7 Å². The lowest BCUT2D eigenvalue weighted by Crippen LogP contribution is -2.10. The van der Waals surface area contributed by atoms with Gasteiger partial charge in [-0.3, -0.25) is 0 Å². The Hall–Kier alpha value is -1.40. The molecule has 0 aliphatic rings. The Morgan fingerprint density at radius 2 is 2.21 bits per heavy atom. The highest BCUT2D eigenvalue weighted by atomic mass is 35.5. The van der Waals surface area contributed by atoms with Gasteiger partial charge >= 0.3 is 0 Å². The summed E-state index contributed by atoms with van der Waals surface area (Å²) in [5.74, 6) is 1.19. The smallest absolute Gasteiger partial charge is 0.224 e. The first-order chi connectivity index (χ1) is 9.10. The minimum atomic E-state index is 0.0561. The molecule has 7 heteroatoms. The van der Waals surface area contributed by atoms with Gasteiger partial charge in [-0.2, -0.15) is 4.98 Å². The number of rotatable bonds is 5. The highest BCUT2D eigenvalue weighted by Crippen LogP contribution is 2.26. The second-order valence-electron chi connectivity index (χ2n) is 4.11. The van der Waals surface area contributed by atoms with Gasteiger partial charge in [0.2, 0.25) is 5.95 Å². The number of anilines is 2. The molecule has 0 radical (unpaired) electrons. The topological polar surface area (TPSA) is 62.7 Å². The number of nitrogens with zero attached hydrogens (tertiary/aromatic N) is 3. The van der Waals surface area contributed by atoms with Crippen LogP contribution >= 0.6 is 22.9 Å². The van der Waals surface area contributed by atoms with Crippen molar-refractivity contribution < 1.29 is 0 Å². The molecule has 102 valence electrons. The van der Waals surface area contributed by atoms with Crippen LogP contribution in [0.2, 0.25) is 5.02 Å². The van der Waals surface area contributed by atoms with Crippen LogP contribution in [0.1, 0.15) is 30.6 Å². The molecule has 0 fully saturated rings. The number of hydrogen-bond donors (Lipinski definition) is 2. The molecule has 2 aromatic rings. The maximum Gasteiger partial charge on any atom is 0.224 e. The normalized spacial score (nSPS) is 12.2. The quantitative estimate of drug-likeness (QED) is 0.884. The van der Waals surface area contributed by atoms with Crippen molar-refractivity contribution in [2.75, 3.05) is 17.2 Å². The van der Waals surface area contributed by atoms with E-state index in [1.165, 1.54) is 0 Å². The maximum absolute atomic E-state index is 6.10. The summed E-state index contributed by atoms with van der Waals surface area (Å²) in [4.78, 5) is 12.9. The molecule has 1 unspecified atom stereocenters. The van der Waals surface area contributed by atoms with E-state index in [1.807, 2.05) is 26.2 Å². The first kappa shape index (κ1) is 14.0. The summed E-state index contributed by atoms with van der Waals surface area (Å²) < 4.78 is 0. The Bertz CT molecular complexity index is 557. The van der Waals surface area contributed by atoms with Gasteiger partial charge in [0.15, 0.2) is 5.82 Å². The van der Waals surface area contributed by atoms with Crippen molar-refractivity contribution in [1.82, 2.24) is 15.0 Å². The molecule has 0 amide bonds. The number of thiazole rings is 1. The molecule has 1 atom stereocenters. The first-order valence-corrected chi connectivity index (χ1v) is 7.31. The second-order valence-corrected chi connectivity index (χ2v) is 5.41. The molecule has 2 heterocycles. The van der Waals surface area contributed by atoms with Crippen molar-refractivity contribution in [3.63, 3.8) is 0 Å². The van der Waals surface area contributed by atoms with Crippen LogP contribution in [0, 0.1) is 6.92 Å². The van der Waals surface area contributed by atoms with E-state index in [0.717, 1.165) is 17.2 Å². The Morgan fingerprint density at radius 1 is 1.42 bits per heavy atom. The fourth-order valence-electron chi connectivity index (χ4n) is 1.55. The Labute approximate surface area is 121 Å². The van der Waals surface area contributed by atoms with Crippen LogP contribution in [-0.2, 0) is 0 Å². The zero-order chi connectivity index (χ0) is 13.8. The molecule has 0 bridgehead atoms. The average molecular weight is 298 g/mol. The van der Waals surface area contributed by atoms with Crippen molar-refractivity contribution in [2.45, 2.75) is 26.8 Å². The summed E-state index contributed by atoms with van der Waals surface area (Å²) in [5.41, 5.74) is 1.02. The number of nitrogens with one attached hydrogen (secondary N) is 2. The molecule has 0 aliphatic heterocycles. The van der Waals surface area contributed by atoms with Crippen molar-refractivity contribution in [3.8, 4) is 0 Å². The van der Waals surface area contributed by atoms with Crippen LogP contribution in [0.4, 0.5) is 11.8 Å². The molecule has 0 spiro atoms. The second kappa shape index (κ2) is 6.16. The third-order valence-corrected chi connectivity index (χ3v) is 3.86. The summed E-state index contributed by atoms with van der Waals surface area (Å²) in [6, 6.07) is 0.0561. The standard InChI is InChI=1S/C12H16ClN5S/c1-4-14-12-15-5-9(13)10(18-12)17-8(3)11-16-7(2)6-19-11/h5-6,8H,4H2,1-3H3,(H2,14,15,17,18). The molecule has 0 saturated carbocycles. The van der Waals surface area contributed by atoms with Gasteiger partial charge in [-0.25, -0.2) is 9.97 Å². The Balaban J connectivity index is 2.15. The zero-order valence-corrected chi connectivity index (χ0v) is 12.6. The van der Waals surface area contributed by atoms with E-state index < -0.39 is 0 Å². The van der Waals surface area contributed by atoms with Gasteiger partial charge in [-0.05, 0) is 20.8 Å². The molecule has 2 aromatic heterocycles. The minimum absolute atomic E-state index is 0.0561. The molecular weight excluding hydrogens is 282 g/mol. The summed E-state index contributed by atoms with van der Waals surface area (Å²) in [7, 11) is 0. The van der Waals surface area contributed by atoms with Crippen molar-refractivity contribution in [1.29, 1.82) is 0 Å². The lowest BCUT2D eigenvalue weighted by atomic mass is 10.3. The molecule has 2 rings (SSSR count). The molecule has 5 nitrogen and oxygen atoms in total. The number of halogens is 1. The number of aryl methyl sites for hydroxylation is 1. The fraction of sp³-hybridized carbons (Fsp3) is 0.417. The first-order valence-electron chi connectivity index (χ1n) is 6.05. The number of hydrogen-bond acceptors (Lipinski definition) is 6. The molecular formula is C12H16ClN5S. The van der Waals surface area contributed by atoms with E-state index in [2.05, 4.69) is 25.6 Å². The third-order valence-electron chi connectivity index (χ3n) is 2.44. The van der Waals surface area contributed by atoms with Crippen LogP contribution in [0.5, 0.6) is 0 Å². The summed E-state index contributed by atoms with van der Waals surface area (Å²) in [6.07, 6.45) is 1.59. The monoisotopic (exact) mass is 297 g/mol. The summed E-state index contributed by atoms with van der Waals surface area (Å²) in [5, 5.41) is 9.86. The average Bonchev–Trinajstić information content (AvgIpc) is 2.80.